The number of amides is 1. The predicted octanol–water partition coefficient (Wildman–Crippen LogP) is 1.34. The van der Waals surface area contributed by atoms with Crippen LogP contribution in [0.4, 0.5) is 10.2 Å². The highest BCUT2D eigenvalue weighted by Crippen LogP contribution is 2.01. The number of carbonyl (C=O) groups is 1. The van der Waals surface area contributed by atoms with Gasteiger partial charge >= 0.3 is 0 Å². The van der Waals surface area contributed by atoms with Crippen molar-refractivity contribution in [2.45, 2.75) is 6.54 Å². The van der Waals surface area contributed by atoms with E-state index in [1.54, 1.807) is 0 Å². The Bertz CT molecular complexity index is 547. The van der Waals surface area contributed by atoms with Crippen molar-refractivity contribution in [3.05, 3.63) is 54.2 Å². The Hall–Kier alpha value is -2.50. The van der Waals surface area contributed by atoms with Gasteiger partial charge in [0.2, 0.25) is 11.9 Å². The van der Waals surface area contributed by atoms with Crippen LogP contribution < -0.4 is 10.6 Å². The molecule has 0 aliphatic rings. The summed E-state index contributed by atoms with van der Waals surface area (Å²) in [5.41, 5.74) is 1.02. The first-order valence-corrected chi connectivity index (χ1v) is 5.76. The fourth-order valence-corrected chi connectivity index (χ4v) is 1.46. The second-order valence-electron chi connectivity index (χ2n) is 3.84. The molecule has 0 fully saturated rings. The number of anilines is 1. The molecule has 2 N–H and O–H groups in total. The van der Waals surface area contributed by atoms with Crippen molar-refractivity contribution in [2.75, 3.05) is 11.9 Å². The molecule has 0 bridgehead atoms. The van der Waals surface area contributed by atoms with Gasteiger partial charge in [-0.3, -0.25) is 4.79 Å². The van der Waals surface area contributed by atoms with Crippen LogP contribution in [0.25, 0.3) is 0 Å². The number of hydrogen-bond acceptors (Lipinski definition) is 4. The Morgan fingerprint density at radius 2 is 2.00 bits per heavy atom. The summed E-state index contributed by atoms with van der Waals surface area (Å²) in [6, 6.07) is 10.7. The maximum absolute atomic E-state index is 12.8. The van der Waals surface area contributed by atoms with Gasteiger partial charge in [0, 0.05) is 12.6 Å². The highest BCUT2D eigenvalue weighted by molar-refractivity contribution is 5.80. The fraction of sp³-hybridized carbons (Fsp3) is 0.154. The molecule has 1 heterocycles. The molecule has 2 aromatic rings. The van der Waals surface area contributed by atoms with Crippen molar-refractivity contribution in [3.63, 3.8) is 0 Å². The smallest absolute Gasteiger partial charge is 0.239 e. The summed E-state index contributed by atoms with van der Waals surface area (Å²) in [5, 5.41) is 5.46. The van der Waals surface area contributed by atoms with Crippen LogP contribution >= 0.6 is 0 Å². The Balaban J connectivity index is 1.76. The zero-order chi connectivity index (χ0) is 13.5. The van der Waals surface area contributed by atoms with Crippen molar-refractivity contribution in [2.24, 2.45) is 0 Å². The molecule has 0 saturated heterocycles. The van der Waals surface area contributed by atoms with Gasteiger partial charge in [0.1, 0.15) is 12.1 Å². The van der Waals surface area contributed by atoms with Gasteiger partial charge in [-0.2, -0.15) is 4.39 Å². The van der Waals surface area contributed by atoms with Crippen LogP contribution in [0.5, 0.6) is 0 Å². The molecule has 5 nitrogen and oxygen atoms in total. The predicted molar refractivity (Wildman–Crippen MR) is 68.8 cm³/mol. The number of halogens is 1. The summed E-state index contributed by atoms with van der Waals surface area (Å²) in [4.78, 5) is 18.7. The number of rotatable bonds is 5. The minimum Gasteiger partial charge on any atom is -0.361 e. The first kappa shape index (κ1) is 12.9. The molecule has 6 heteroatoms. The molecule has 0 aliphatic carbocycles. The topological polar surface area (TPSA) is 66.9 Å². The van der Waals surface area contributed by atoms with E-state index in [2.05, 4.69) is 20.6 Å². The van der Waals surface area contributed by atoms with Gasteiger partial charge in [-0.1, -0.05) is 30.3 Å². The summed E-state index contributed by atoms with van der Waals surface area (Å²) in [6.45, 7) is 0.489. The molecule has 98 valence electrons. The number of aromatic nitrogens is 2. The van der Waals surface area contributed by atoms with E-state index >= 15 is 0 Å². The molecule has 1 amide bonds. The highest BCUT2D eigenvalue weighted by atomic mass is 19.1. The fourth-order valence-electron chi connectivity index (χ4n) is 1.46. The summed E-state index contributed by atoms with van der Waals surface area (Å²) in [5.74, 6) is -0.549. The zero-order valence-corrected chi connectivity index (χ0v) is 10.1. The molecule has 0 saturated carbocycles. The molecule has 0 unspecified atom stereocenters. The van der Waals surface area contributed by atoms with Crippen LogP contribution in [0.1, 0.15) is 5.56 Å². The minimum absolute atomic E-state index is 0.0310. The molecule has 19 heavy (non-hydrogen) atoms. The number of nitrogens with zero attached hydrogens (tertiary/aromatic N) is 2. The molecule has 1 aromatic heterocycles. The third kappa shape index (κ3) is 4.34. The summed E-state index contributed by atoms with van der Waals surface area (Å²) in [7, 11) is 0. The number of hydrogen-bond donors (Lipinski definition) is 2. The Kier molecular flexibility index (Phi) is 4.39. The monoisotopic (exact) mass is 260 g/mol. The van der Waals surface area contributed by atoms with E-state index in [0.29, 0.717) is 6.54 Å². The van der Waals surface area contributed by atoms with Gasteiger partial charge in [-0.25, -0.2) is 9.97 Å². The van der Waals surface area contributed by atoms with Crippen LogP contribution in [-0.2, 0) is 11.3 Å². The lowest BCUT2D eigenvalue weighted by Crippen LogP contribution is -2.29. The van der Waals surface area contributed by atoms with Crippen LogP contribution in [0.15, 0.2) is 42.7 Å². The second-order valence-corrected chi connectivity index (χ2v) is 3.84. The first-order valence-electron chi connectivity index (χ1n) is 5.76. The van der Waals surface area contributed by atoms with Gasteiger partial charge in [0.05, 0.1) is 6.54 Å². The zero-order valence-electron chi connectivity index (χ0n) is 10.1. The second kappa shape index (κ2) is 6.44. The van der Waals surface area contributed by atoms with Crippen LogP contribution in [-0.4, -0.2) is 22.4 Å². The van der Waals surface area contributed by atoms with E-state index in [1.165, 1.54) is 0 Å². The van der Waals surface area contributed by atoms with Crippen LogP contribution in [0, 0.1) is 5.95 Å². The number of carbonyl (C=O) groups excluding carboxylic acids is 1. The molecule has 0 radical (unpaired) electrons. The van der Waals surface area contributed by atoms with Crippen molar-refractivity contribution >= 4 is 11.7 Å². The SMILES string of the molecule is O=C(CNc1cc(F)ncn1)NCc1ccccc1. The van der Waals surface area contributed by atoms with Crippen molar-refractivity contribution in [1.82, 2.24) is 15.3 Å². The average Bonchev–Trinajstić information content (AvgIpc) is 2.44. The Labute approximate surface area is 109 Å². The van der Waals surface area contributed by atoms with Gasteiger partial charge in [0.25, 0.3) is 0 Å². The van der Waals surface area contributed by atoms with E-state index in [-0.39, 0.29) is 18.3 Å². The molecule has 0 atom stereocenters. The summed E-state index contributed by atoms with van der Waals surface area (Å²) in [6.07, 6.45) is 1.10. The van der Waals surface area contributed by atoms with Crippen LogP contribution in [0.2, 0.25) is 0 Å². The minimum atomic E-state index is -0.637. The molecular formula is C13H13FN4O. The lowest BCUT2D eigenvalue weighted by molar-refractivity contribution is -0.119. The van der Waals surface area contributed by atoms with E-state index < -0.39 is 5.95 Å². The maximum atomic E-state index is 12.8. The average molecular weight is 260 g/mol. The quantitative estimate of drug-likeness (QED) is 0.796. The van der Waals surface area contributed by atoms with E-state index in [9.17, 15) is 9.18 Å². The Morgan fingerprint density at radius 1 is 1.21 bits per heavy atom. The van der Waals surface area contributed by atoms with Gasteiger partial charge in [-0.15, -0.1) is 0 Å². The number of benzene rings is 1. The summed E-state index contributed by atoms with van der Waals surface area (Å²) < 4.78 is 12.8. The highest BCUT2D eigenvalue weighted by Gasteiger charge is 2.02. The molecule has 0 spiro atoms. The first-order chi connectivity index (χ1) is 9.24. The van der Waals surface area contributed by atoms with Gasteiger partial charge in [0.15, 0.2) is 0 Å². The van der Waals surface area contributed by atoms with E-state index in [4.69, 9.17) is 0 Å². The van der Waals surface area contributed by atoms with Crippen LogP contribution in [0.3, 0.4) is 0 Å². The van der Waals surface area contributed by atoms with Crippen molar-refractivity contribution in [1.29, 1.82) is 0 Å². The maximum Gasteiger partial charge on any atom is 0.239 e. The lowest BCUT2D eigenvalue weighted by atomic mass is 10.2. The van der Waals surface area contributed by atoms with Gasteiger partial charge in [-0.05, 0) is 5.56 Å². The Morgan fingerprint density at radius 3 is 2.74 bits per heavy atom. The molecule has 0 aliphatic heterocycles. The van der Waals surface area contributed by atoms with E-state index in [0.717, 1.165) is 18.0 Å². The molecule has 2 rings (SSSR count). The number of nitrogens with one attached hydrogen (secondary N) is 2. The van der Waals surface area contributed by atoms with E-state index in [1.807, 2.05) is 30.3 Å². The molecule has 1 aromatic carbocycles. The standard InChI is InChI=1S/C13H13FN4O/c14-11-6-12(18-9-17-11)15-8-13(19)16-7-10-4-2-1-3-5-10/h1-6,9H,7-8H2,(H,16,19)(H,15,17,18). The lowest BCUT2D eigenvalue weighted by Gasteiger charge is -2.07. The van der Waals surface area contributed by atoms with Crippen molar-refractivity contribution in [3.8, 4) is 0 Å². The normalized spacial score (nSPS) is 9.95. The third-order valence-electron chi connectivity index (χ3n) is 2.40. The largest absolute Gasteiger partial charge is 0.361 e. The molecular weight excluding hydrogens is 247 g/mol. The third-order valence-corrected chi connectivity index (χ3v) is 2.40. The van der Waals surface area contributed by atoms with Crippen molar-refractivity contribution < 1.29 is 9.18 Å². The van der Waals surface area contributed by atoms with Gasteiger partial charge < -0.3 is 10.6 Å². The summed E-state index contributed by atoms with van der Waals surface area (Å²) >= 11 is 0.